The Kier molecular flexibility index (Phi) is 4.99. The fourth-order valence-corrected chi connectivity index (χ4v) is 3.83. The van der Waals surface area contributed by atoms with E-state index in [2.05, 4.69) is 0 Å². The van der Waals surface area contributed by atoms with Gasteiger partial charge in [-0.25, -0.2) is 0 Å². The molecule has 2 heterocycles. The number of nitrogens with zero attached hydrogens (tertiary/aromatic N) is 1. The normalized spacial score (nSPS) is 26.8. The summed E-state index contributed by atoms with van der Waals surface area (Å²) in [6.07, 6.45) is 0.380. The van der Waals surface area contributed by atoms with Gasteiger partial charge in [0.25, 0.3) is 5.91 Å². The van der Waals surface area contributed by atoms with Gasteiger partial charge in [-0.3, -0.25) is 9.59 Å². The van der Waals surface area contributed by atoms with E-state index in [1.165, 1.54) is 0 Å². The summed E-state index contributed by atoms with van der Waals surface area (Å²) in [4.78, 5) is 26.5. The van der Waals surface area contributed by atoms with Gasteiger partial charge in [0.15, 0.2) is 6.10 Å². The molecule has 6 nitrogen and oxygen atoms in total. The van der Waals surface area contributed by atoms with Crippen molar-refractivity contribution in [3.8, 4) is 5.75 Å². The summed E-state index contributed by atoms with van der Waals surface area (Å²) in [5.41, 5.74) is 0.184. The molecule has 2 aliphatic heterocycles. The fraction of sp³-hybridized carbons (Fsp3) is 0.579. The van der Waals surface area contributed by atoms with Crippen molar-refractivity contribution in [3.05, 3.63) is 29.8 Å². The van der Waals surface area contributed by atoms with Crippen LogP contribution in [0.15, 0.2) is 24.3 Å². The smallest absolute Gasteiger partial charge is 0.311 e. The van der Waals surface area contributed by atoms with Gasteiger partial charge in [-0.05, 0) is 37.5 Å². The zero-order valence-corrected chi connectivity index (χ0v) is 14.7. The molecule has 1 N–H and O–H groups in total. The van der Waals surface area contributed by atoms with E-state index in [-0.39, 0.29) is 18.4 Å². The van der Waals surface area contributed by atoms with Gasteiger partial charge in [-0.2, -0.15) is 0 Å². The molecule has 0 spiro atoms. The summed E-state index contributed by atoms with van der Waals surface area (Å²) in [7, 11) is 0. The van der Waals surface area contributed by atoms with Crippen LogP contribution in [0.2, 0.25) is 0 Å². The number of benzene rings is 1. The van der Waals surface area contributed by atoms with Crippen molar-refractivity contribution < 1.29 is 24.2 Å². The number of carbonyl (C=O) groups excluding carboxylic acids is 1. The highest BCUT2D eigenvalue weighted by Gasteiger charge is 2.55. The number of carbonyl (C=O) groups is 2. The van der Waals surface area contributed by atoms with Gasteiger partial charge in [0.2, 0.25) is 0 Å². The number of hydrogen-bond donors (Lipinski definition) is 1. The fourth-order valence-electron chi connectivity index (χ4n) is 3.83. The standard InChI is InChI=1S/C19H25NO5/c1-3-16(25-15-6-4-5-13(2)9-15)17(21)20-10-14-11-24-8-7-19(14,12-20)18(22)23/h4-6,9,14,16H,3,7-8,10-12H2,1-2H3,(H,22,23)/t14-,16?,19+/m0/s1. The Bertz CT molecular complexity index is 661. The van der Waals surface area contributed by atoms with Gasteiger partial charge < -0.3 is 19.5 Å². The summed E-state index contributed by atoms with van der Waals surface area (Å²) < 4.78 is 11.3. The average Bonchev–Trinajstić information content (AvgIpc) is 3.00. The van der Waals surface area contributed by atoms with Gasteiger partial charge in [-0.15, -0.1) is 0 Å². The summed E-state index contributed by atoms with van der Waals surface area (Å²) in [5.74, 6) is -0.463. The molecule has 3 rings (SSSR count). The van der Waals surface area contributed by atoms with Gasteiger partial charge >= 0.3 is 5.97 Å². The third kappa shape index (κ3) is 3.35. The monoisotopic (exact) mass is 347 g/mol. The van der Waals surface area contributed by atoms with Crippen molar-refractivity contribution in [2.45, 2.75) is 32.8 Å². The quantitative estimate of drug-likeness (QED) is 0.883. The highest BCUT2D eigenvalue weighted by molar-refractivity contribution is 5.84. The molecule has 3 atom stereocenters. The number of aryl methyl sites for hydroxylation is 1. The van der Waals surface area contributed by atoms with E-state index in [1.807, 2.05) is 38.1 Å². The largest absolute Gasteiger partial charge is 0.481 e. The van der Waals surface area contributed by atoms with E-state index in [9.17, 15) is 14.7 Å². The Hall–Kier alpha value is -2.08. The Balaban J connectivity index is 1.74. The number of hydrogen-bond acceptors (Lipinski definition) is 4. The molecule has 2 aliphatic rings. The van der Waals surface area contributed by atoms with Crippen molar-refractivity contribution in [2.75, 3.05) is 26.3 Å². The highest BCUT2D eigenvalue weighted by Crippen LogP contribution is 2.42. The second-order valence-corrected chi connectivity index (χ2v) is 7.03. The second-order valence-electron chi connectivity index (χ2n) is 7.03. The molecule has 1 unspecified atom stereocenters. The Morgan fingerprint density at radius 2 is 2.28 bits per heavy atom. The molecule has 0 aliphatic carbocycles. The van der Waals surface area contributed by atoms with Gasteiger partial charge in [0, 0.05) is 25.6 Å². The van der Waals surface area contributed by atoms with Crippen LogP contribution in [0.3, 0.4) is 0 Å². The predicted octanol–water partition coefficient (Wildman–Crippen LogP) is 2.10. The van der Waals surface area contributed by atoms with Crippen molar-refractivity contribution in [3.63, 3.8) is 0 Å². The van der Waals surface area contributed by atoms with E-state index < -0.39 is 17.5 Å². The molecular formula is C19H25NO5. The lowest BCUT2D eigenvalue weighted by Gasteiger charge is -2.33. The van der Waals surface area contributed by atoms with Gasteiger partial charge in [0.05, 0.1) is 12.0 Å². The maximum atomic E-state index is 12.9. The number of ether oxygens (including phenoxy) is 2. The molecule has 6 heteroatoms. The third-order valence-corrected chi connectivity index (χ3v) is 5.36. The molecule has 25 heavy (non-hydrogen) atoms. The van der Waals surface area contributed by atoms with Crippen LogP contribution < -0.4 is 4.74 Å². The molecule has 0 radical (unpaired) electrons. The Labute approximate surface area is 147 Å². The number of carboxylic acid groups (broad SMARTS) is 1. The summed E-state index contributed by atoms with van der Waals surface area (Å²) in [6.45, 7) is 5.35. The van der Waals surface area contributed by atoms with Crippen LogP contribution in [0.5, 0.6) is 5.75 Å². The first kappa shape index (κ1) is 17.7. The topological polar surface area (TPSA) is 76.1 Å². The maximum Gasteiger partial charge on any atom is 0.311 e. The van der Waals surface area contributed by atoms with Gasteiger partial charge in [0.1, 0.15) is 5.75 Å². The first-order chi connectivity index (χ1) is 12.0. The van der Waals surface area contributed by atoms with Crippen LogP contribution in [-0.4, -0.2) is 54.3 Å². The van der Waals surface area contributed by atoms with Crippen molar-refractivity contribution in [1.29, 1.82) is 0 Å². The lowest BCUT2D eigenvalue weighted by Crippen LogP contribution is -2.46. The predicted molar refractivity (Wildman–Crippen MR) is 91.5 cm³/mol. The third-order valence-electron chi connectivity index (χ3n) is 5.36. The van der Waals surface area contributed by atoms with Crippen molar-refractivity contribution in [1.82, 2.24) is 4.90 Å². The van der Waals surface area contributed by atoms with E-state index in [4.69, 9.17) is 9.47 Å². The lowest BCUT2D eigenvalue weighted by molar-refractivity contribution is -0.157. The molecule has 0 saturated carbocycles. The van der Waals surface area contributed by atoms with Crippen LogP contribution in [0.4, 0.5) is 0 Å². The van der Waals surface area contributed by atoms with Crippen molar-refractivity contribution >= 4 is 11.9 Å². The minimum Gasteiger partial charge on any atom is -0.481 e. The van der Waals surface area contributed by atoms with Crippen LogP contribution >= 0.6 is 0 Å². The van der Waals surface area contributed by atoms with E-state index in [0.717, 1.165) is 5.56 Å². The molecule has 1 amide bonds. The van der Waals surface area contributed by atoms with Gasteiger partial charge in [-0.1, -0.05) is 19.1 Å². The Morgan fingerprint density at radius 3 is 2.92 bits per heavy atom. The highest BCUT2D eigenvalue weighted by atomic mass is 16.5. The van der Waals surface area contributed by atoms with E-state index in [1.54, 1.807) is 4.90 Å². The molecule has 1 aromatic carbocycles. The minimum absolute atomic E-state index is 0.140. The van der Waals surface area contributed by atoms with E-state index in [0.29, 0.717) is 38.3 Å². The summed E-state index contributed by atoms with van der Waals surface area (Å²) >= 11 is 0. The number of likely N-dealkylation sites (tertiary alicyclic amines) is 1. The van der Waals surface area contributed by atoms with E-state index >= 15 is 0 Å². The maximum absolute atomic E-state index is 12.9. The Morgan fingerprint density at radius 1 is 1.48 bits per heavy atom. The lowest BCUT2D eigenvalue weighted by atomic mass is 9.74. The van der Waals surface area contributed by atoms with Crippen LogP contribution in [0, 0.1) is 18.3 Å². The van der Waals surface area contributed by atoms with Crippen LogP contribution in [-0.2, 0) is 14.3 Å². The van der Waals surface area contributed by atoms with Crippen LogP contribution in [0.25, 0.3) is 0 Å². The SMILES string of the molecule is CCC(Oc1cccc(C)c1)C(=O)N1C[C@H]2COCC[C@@]2(C(=O)O)C1. The number of rotatable bonds is 5. The molecular weight excluding hydrogens is 322 g/mol. The number of fused-ring (bicyclic) bond motifs is 1. The molecule has 2 fully saturated rings. The number of aliphatic carboxylic acids is 1. The second kappa shape index (κ2) is 7.04. The molecule has 136 valence electrons. The molecule has 1 aromatic rings. The first-order valence-corrected chi connectivity index (χ1v) is 8.79. The molecule has 2 saturated heterocycles. The summed E-state index contributed by atoms with van der Waals surface area (Å²) in [5, 5.41) is 9.74. The molecule has 0 bridgehead atoms. The zero-order chi connectivity index (χ0) is 18.0. The average molecular weight is 347 g/mol. The molecule has 0 aromatic heterocycles. The van der Waals surface area contributed by atoms with Crippen LogP contribution in [0.1, 0.15) is 25.3 Å². The zero-order valence-electron chi connectivity index (χ0n) is 14.7. The number of amides is 1. The first-order valence-electron chi connectivity index (χ1n) is 8.79. The summed E-state index contributed by atoms with van der Waals surface area (Å²) in [6, 6.07) is 7.59. The van der Waals surface area contributed by atoms with Crippen molar-refractivity contribution in [2.24, 2.45) is 11.3 Å². The minimum atomic E-state index is -0.879. The number of carboxylic acids is 1.